The molecule has 0 aliphatic rings. The van der Waals surface area contributed by atoms with Gasteiger partial charge in [0.1, 0.15) is 11.6 Å². The van der Waals surface area contributed by atoms with Crippen LogP contribution < -0.4 is 16.2 Å². The average Bonchev–Trinajstić information content (AvgIpc) is 2.72. The van der Waals surface area contributed by atoms with E-state index in [1.54, 1.807) is 18.0 Å². The van der Waals surface area contributed by atoms with Crippen LogP contribution in [0.25, 0.3) is 5.69 Å². The first kappa shape index (κ1) is 11.5. The second kappa shape index (κ2) is 4.88. The molecule has 5 heteroatoms. The predicted octanol–water partition coefficient (Wildman–Crippen LogP) is 0.964. The molecular weight excluding hydrogens is 216 g/mol. The Labute approximate surface area is 100.0 Å². The van der Waals surface area contributed by atoms with Crippen LogP contribution in [0.4, 0.5) is 5.82 Å². The first-order chi connectivity index (χ1) is 8.26. The number of ether oxygens (including phenoxy) is 1. The summed E-state index contributed by atoms with van der Waals surface area (Å²) in [7, 11) is 1.64. The Morgan fingerprint density at radius 1 is 1.29 bits per heavy atom. The molecular formula is C12H16N4O. The van der Waals surface area contributed by atoms with E-state index in [0.29, 0.717) is 12.4 Å². The molecule has 1 aromatic heterocycles. The minimum Gasteiger partial charge on any atom is -0.497 e. The minimum absolute atomic E-state index is 0.568. The highest BCUT2D eigenvalue weighted by molar-refractivity contribution is 5.48. The number of nitrogens with zero attached hydrogens (tertiary/aromatic N) is 2. The zero-order valence-electron chi connectivity index (χ0n) is 9.76. The molecule has 1 aromatic carbocycles. The van der Waals surface area contributed by atoms with E-state index in [4.69, 9.17) is 16.2 Å². The van der Waals surface area contributed by atoms with E-state index >= 15 is 0 Å². The Hall–Kier alpha value is -2.01. The molecule has 2 rings (SSSR count). The molecule has 0 spiro atoms. The molecule has 0 aliphatic heterocycles. The molecule has 17 heavy (non-hydrogen) atoms. The van der Waals surface area contributed by atoms with Gasteiger partial charge in [-0.3, -0.25) is 0 Å². The maximum atomic E-state index is 6.01. The van der Waals surface area contributed by atoms with Crippen molar-refractivity contribution in [3.05, 3.63) is 36.0 Å². The molecule has 0 saturated carbocycles. The van der Waals surface area contributed by atoms with Gasteiger partial charge in [0.2, 0.25) is 0 Å². The van der Waals surface area contributed by atoms with Crippen molar-refractivity contribution in [3.63, 3.8) is 0 Å². The van der Waals surface area contributed by atoms with E-state index in [9.17, 15) is 0 Å². The summed E-state index contributed by atoms with van der Waals surface area (Å²) in [6.45, 7) is 0.568. The van der Waals surface area contributed by atoms with Gasteiger partial charge < -0.3 is 16.2 Å². The molecule has 0 radical (unpaired) electrons. The number of methoxy groups -OCH3 is 1. The van der Waals surface area contributed by atoms with E-state index in [1.807, 2.05) is 24.3 Å². The highest BCUT2D eigenvalue weighted by atomic mass is 16.5. The number of hydrogen-bond acceptors (Lipinski definition) is 4. The lowest BCUT2D eigenvalue weighted by Gasteiger charge is -2.06. The lowest BCUT2D eigenvalue weighted by atomic mass is 10.2. The smallest absolute Gasteiger partial charge is 0.130 e. The standard InChI is InChI=1S/C12H16N4O/c1-17-11-4-2-10(3-5-11)16-12(14)9(6-7-13)8-15-16/h2-5,8H,6-7,13-14H2,1H3. The first-order valence-corrected chi connectivity index (χ1v) is 5.43. The number of rotatable bonds is 4. The van der Waals surface area contributed by atoms with Gasteiger partial charge in [0.15, 0.2) is 0 Å². The third-order valence-electron chi connectivity index (χ3n) is 2.62. The summed E-state index contributed by atoms with van der Waals surface area (Å²) in [6, 6.07) is 7.57. The monoisotopic (exact) mass is 232 g/mol. The molecule has 0 atom stereocenters. The first-order valence-electron chi connectivity index (χ1n) is 5.43. The number of aromatic nitrogens is 2. The Bertz CT molecular complexity index is 490. The number of hydrogen-bond donors (Lipinski definition) is 2. The van der Waals surface area contributed by atoms with Crippen molar-refractivity contribution in [1.29, 1.82) is 0 Å². The van der Waals surface area contributed by atoms with Crippen molar-refractivity contribution in [1.82, 2.24) is 9.78 Å². The van der Waals surface area contributed by atoms with Crippen molar-refractivity contribution in [2.75, 3.05) is 19.4 Å². The summed E-state index contributed by atoms with van der Waals surface area (Å²) in [5.41, 5.74) is 13.4. The van der Waals surface area contributed by atoms with Crippen molar-refractivity contribution in [2.45, 2.75) is 6.42 Å². The van der Waals surface area contributed by atoms with Crippen LogP contribution in [0.15, 0.2) is 30.5 Å². The van der Waals surface area contributed by atoms with Crippen LogP contribution >= 0.6 is 0 Å². The van der Waals surface area contributed by atoms with Gasteiger partial charge in [0, 0.05) is 5.56 Å². The molecule has 0 saturated heterocycles. The maximum absolute atomic E-state index is 6.01. The van der Waals surface area contributed by atoms with Crippen LogP contribution in [0, 0.1) is 0 Å². The highest BCUT2D eigenvalue weighted by Crippen LogP contribution is 2.19. The lowest BCUT2D eigenvalue weighted by molar-refractivity contribution is 0.414. The Morgan fingerprint density at radius 2 is 2.00 bits per heavy atom. The normalized spacial score (nSPS) is 10.5. The zero-order valence-corrected chi connectivity index (χ0v) is 9.76. The second-order valence-corrected chi connectivity index (χ2v) is 3.70. The van der Waals surface area contributed by atoms with Crippen molar-refractivity contribution in [2.24, 2.45) is 5.73 Å². The summed E-state index contributed by atoms with van der Waals surface area (Å²) in [5, 5.41) is 4.26. The van der Waals surface area contributed by atoms with E-state index in [0.717, 1.165) is 23.4 Å². The van der Waals surface area contributed by atoms with Gasteiger partial charge >= 0.3 is 0 Å². The molecule has 90 valence electrons. The Balaban J connectivity index is 2.32. The van der Waals surface area contributed by atoms with Gasteiger partial charge in [-0.05, 0) is 37.2 Å². The average molecular weight is 232 g/mol. The van der Waals surface area contributed by atoms with E-state index in [1.165, 1.54) is 0 Å². The zero-order chi connectivity index (χ0) is 12.3. The Morgan fingerprint density at radius 3 is 2.59 bits per heavy atom. The van der Waals surface area contributed by atoms with Crippen LogP contribution in [-0.2, 0) is 6.42 Å². The van der Waals surface area contributed by atoms with Crippen LogP contribution in [0.3, 0.4) is 0 Å². The van der Waals surface area contributed by atoms with E-state index in [-0.39, 0.29) is 0 Å². The van der Waals surface area contributed by atoms with Gasteiger partial charge in [-0.2, -0.15) is 5.10 Å². The lowest BCUT2D eigenvalue weighted by Crippen LogP contribution is -2.06. The molecule has 5 nitrogen and oxygen atoms in total. The van der Waals surface area contributed by atoms with E-state index < -0.39 is 0 Å². The number of anilines is 1. The van der Waals surface area contributed by atoms with Crippen LogP contribution in [0.5, 0.6) is 5.75 Å². The second-order valence-electron chi connectivity index (χ2n) is 3.70. The fourth-order valence-electron chi connectivity index (χ4n) is 1.67. The summed E-state index contributed by atoms with van der Waals surface area (Å²) in [5.74, 6) is 1.45. The van der Waals surface area contributed by atoms with Crippen molar-refractivity contribution < 1.29 is 4.74 Å². The fourth-order valence-corrected chi connectivity index (χ4v) is 1.67. The summed E-state index contributed by atoms with van der Waals surface area (Å²) in [6.07, 6.45) is 2.49. The number of nitrogens with two attached hydrogens (primary N) is 2. The van der Waals surface area contributed by atoms with Crippen LogP contribution in [-0.4, -0.2) is 23.4 Å². The molecule has 0 bridgehead atoms. The predicted molar refractivity (Wildman–Crippen MR) is 67.3 cm³/mol. The van der Waals surface area contributed by atoms with Crippen molar-refractivity contribution in [3.8, 4) is 11.4 Å². The van der Waals surface area contributed by atoms with Gasteiger partial charge in [0.05, 0.1) is 19.0 Å². The number of benzene rings is 1. The fraction of sp³-hybridized carbons (Fsp3) is 0.250. The van der Waals surface area contributed by atoms with Crippen molar-refractivity contribution >= 4 is 5.82 Å². The Kier molecular flexibility index (Phi) is 3.30. The van der Waals surface area contributed by atoms with Gasteiger partial charge in [-0.15, -0.1) is 0 Å². The summed E-state index contributed by atoms with van der Waals surface area (Å²) in [4.78, 5) is 0. The summed E-state index contributed by atoms with van der Waals surface area (Å²) >= 11 is 0. The van der Waals surface area contributed by atoms with E-state index in [2.05, 4.69) is 5.10 Å². The third-order valence-corrected chi connectivity index (χ3v) is 2.62. The number of nitrogen functional groups attached to an aromatic ring is 1. The third kappa shape index (κ3) is 2.24. The highest BCUT2D eigenvalue weighted by Gasteiger charge is 2.08. The molecule has 4 N–H and O–H groups in total. The largest absolute Gasteiger partial charge is 0.497 e. The molecule has 0 amide bonds. The van der Waals surface area contributed by atoms with Gasteiger partial charge in [-0.1, -0.05) is 0 Å². The SMILES string of the molecule is COc1ccc(-n2ncc(CCN)c2N)cc1. The van der Waals surface area contributed by atoms with Gasteiger partial charge in [-0.25, -0.2) is 4.68 Å². The molecule has 0 unspecified atom stereocenters. The van der Waals surface area contributed by atoms with Crippen LogP contribution in [0.1, 0.15) is 5.56 Å². The summed E-state index contributed by atoms with van der Waals surface area (Å²) < 4.78 is 6.80. The topological polar surface area (TPSA) is 79.1 Å². The molecule has 0 aliphatic carbocycles. The molecule has 2 aromatic rings. The minimum atomic E-state index is 0.568. The quantitative estimate of drug-likeness (QED) is 0.823. The molecule has 1 heterocycles. The van der Waals surface area contributed by atoms with Crippen LogP contribution in [0.2, 0.25) is 0 Å². The maximum Gasteiger partial charge on any atom is 0.130 e. The van der Waals surface area contributed by atoms with Gasteiger partial charge in [0.25, 0.3) is 0 Å². The molecule has 0 fully saturated rings.